The van der Waals surface area contributed by atoms with Crippen LogP contribution in [0.3, 0.4) is 0 Å². The number of likely N-dealkylation sites (N-methyl/N-ethyl adjacent to an activating group) is 1. The molecule has 25 heavy (non-hydrogen) atoms. The maximum atomic E-state index is 12.7. The van der Waals surface area contributed by atoms with Crippen molar-refractivity contribution in [2.75, 3.05) is 26.7 Å². The highest BCUT2D eigenvalue weighted by Gasteiger charge is 2.27. The molecule has 0 saturated carbocycles. The van der Waals surface area contributed by atoms with Gasteiger partial charge < -0.3 is 14.7 Å². The van der Waals surface area contributed by atoms with Gasteiger partial charge in [0.15, 0.2) is 6.10 Å². The Labute approximate surface area is 149 Å². The third-order valence-electron chi connectivity index (χ3n) is 4.67. The van der Waals surface area contributed by atoms with Crippen LogP contribution in [-0.2, 0) is 9.59 Å². The van der Waals surface area contributed by atoms with Crippen molar-refractivity contribution in [3.05, 3.63) is 29.8 Å². The van der Waals surface area contributed by atoms with Gasteiger partial charge in [-0.3, -0.25) is 14.5 Å². The zero-order chi connectivity index (χ0) is 18.4. The van der Waals surface area contributed by atoms with Crippen LogP contribution in [0.15, 0.2) is 24.3 Å². The number of rotatable bonds is 6. The summed E-state index contributed by atoms with van der Waals surface area (Å²) in [5, 5.41) is 8.93. The summed E-state index contributed by atoms with van der Waals surface area (Å²) in [6.07, 6.45) is 2.03. The lowest BCUT2D eigenvalue weighted by Gasteiger charge is -2.26. The van der Waals surface area contributed by atoms with E-state index in [1.807, 2.05) is 48.0 Å². The minimum absolute atomic E-state index is 0.0111. The van der Waals surface area contributed by atoms with Crippen molar-refractivity contribution in [3.63, 3.8) is 0 Å². The Kier molecular flexibility index (Phi) is 6.82. The van der Waals surface area contributed by atoms with E-state index in [1.54, 1.807) is 6.92 Å². The van der Waals surface area contributed by atoms with Crippen molar-refractivity contribution < 1.29 is 19.4 Å². The normalized spacial score (nSPS) is 19.4. The van der Waals surface area contributed by atoms with Gasteiger partial charge in [0.1, 0.15) is 5.75 Å². The van der Waals surface area contributed by atoms with Crippen molar-refractivity contribution in [3.8, 4) is 5.75 Å². The molecule has 1 aromatic rings. The molecule has 0 unspecified atom stereocenters. The van der Waals surface area contributed by atoms with E-state index < -0.39 is 12.1 Å². The highest BCUT2D eigenvalue weighted by Crippen LogP contribution is 2.19. The first-order chi connectivity index (χ1) is 11.9. The van der Waals surface area contributed by atoms with Crippen molar-refractivity contribution in [1.82, 2.24) is 9.80 Å². The number of carbonyl (C=O) groups excluding carboxylic acids is 1. The quantitative estimate of drug-likeness (QED) is 0.853. The first-order valence-corrected chi connectivity index (χ1v) is 8.81. The number of ether oxygens (including phenoxy) is 1. The predicted molar refractivity (Wildman–Crippen MR) is 95.8 cm³/mol. The molecule has 1 aromatic carbocycles. The van der Waals surface area contributed by atoms with E-state index in [1.165, 1.54) is 0 Å². The van der Waals surface area contributed by atoms with Gasteiger partial charge in [0.2, 0.25) is 0 Å². The monoisotopic (exact) mass is 348 g/mol. The molecule has 6 heteroatoms. The molecule has 1 aliphatic heterocycles. The number of aryl methyl sites for hydroxylation is 1. The van der Waals surface area contributed by atoms with E-state index in [0.717, 1.165) is 24.8 Å². The summed E-state index contributed by atoms with van der Waals surface area (Å²) in [5.41, 5.74) is 1.09. The van der Waals surface area contributed by atoms with E-state index in [9.17, 15) is 9.59 Å². The largest absolute Gasteiger partial charge is 0.481 e. The lowest BCUT2D eigenvalue weighted by molar-refractivity contribution is -0.139. The van der Waals surface area contributed by atoms with E-state index in [2.05, 4.69) is 0 Å². The summed E-state index contributed by atoms with van der Waals surface area (Å²) < 4.78 is 5.80. The second-order valence-electron chi connectivity index (χ2n) is 6.80. The molecule has 1 fully saturated rings. The SMILES string of the molecule is Cc1cccc(O[C@@H](C)C(=O)N2CCC[C@@H](N(C)CC(=O)O)CC2)c1. The van der Waals surface area contributed by atoms with E-state index in [0.29, 0.717) is 18.8 Å². The highest BCUT2D eigenvalue weighted by molar-refractivity contribution is 5.81. The first-order valence-electron chi connectivity index (χ1n) is 8.81. The van der Waals surface area contributed by atoms with Crippen molar-refractivity contribution >= 4 is 11.9 Å². The summed E-state index contributed by atoms with van der Waals surface area (Å²) in [7, 11) is 1.83. The van der Waals surface area contributed by atoms with Gasteiger partial charge in [0.25, 0.3) is 5.91 Å². The number of carboxylic acids is 1. The third kappa shape index (κ3) is 5.74. The average Bonchev–Trinajstić information content (AvgIpc) is 2.79. The van der Waals surface area contributed by atoms with E-state index in [4.69, 9.17) is 9.84 Å². The minimum Gasteiger partial charge on any atom is -0.481 e. The first kappa shape index (κ1) is 19.2. The van der Waals surface area contributed by atoms with Crippen molar-refractivity contribution in [1.29, 1.82) is 0 Å². The second kappa shape index (κ2) is 8.85. The number of benzene rings is 1. The standard InChI is InChI=1S/C19H28N2O4/c1-14-6-4-8-17(12-14)25-15(2)19(24)21-10-5-7-16(9-11-21)20(3)13-18(22)23/h4,6,8,12,15-16H,5,7,9-11,13H2,1-3H3,(H,22,23)/t15-,16+/m0/s1. The molecule has 0 bridgehead atoms. The van der Waals surface area contributed by atoms with Crippen LogP contribution in [0.25, 0.3) is 0 Å². The van der Waals surface area contributed by atoms with Gasteiger partial charge in [0, 0.05) is 19.1 Å². The van der Waals surface area contributed by atoms with Gasteiger partial charge in [-0.1, -0.05) is 12.1 Å². The number of nitrogens with zero attached hydrogens (tertiary/aromatic N) is 2. The second-order valence-corrected chi connectivity index (χ2v) is 6.80. The number of carboxylic acid groups (broad SMARTS) is 1. The Bertz CT molecular complexity index is 605. The van der Waals surface area contributed by atoms with Gasteiger partial charge in [-0.25, -0.2) is 0 Å². The van der Waals surface area contributed by atoms with E-state index >= 15 is 0 Å². The van der Waals surface area contributed by atoms with Crippen LogP contribution in [0, 0.1) is 6.92 Å². The molecule has 138 valence electrons. The molecule has 0 aliphatic carbocycles. The molecule has 1 saturated heterocycles. The van der Waals surface area contributed by atoms with Gasteiger partial charge in [0.05, 0.1) is 6.54 Å². The number of amides is 1. The smallest absolute Gasteiger partial charge is 0.317 e. The fraction of sp³-hybridized carbons (Fsp3) is 0.579. The molecule has 6 nitrogen and oxygen atoms in total. The predicted octanol–water partition coefficient (Wildman–Crippen LogP) is 2.16. The van der Waals surface area contributed by atoms with Crippen molar-refractivity contribution in [2.45, 2.75) is 45.3 Å². The van der Waals surface area contributed by atoms with Crippen LogP contribution >= 0.6 is 0 Å². The number of hydrogen-bond donors (Lipinski definition) is 1. The van der Waals surface area contributed by atoms with Crippen LogP contribution in [-0.4, -0.2) is 65.6 Å². The number of carbonyl (C=O) groups is 2. The van der Waals surface area contributed by atoms with Gasteiger partial charge >= 0.3 is 5.97 Å². The molecule has 1 heterocycles. The fourth-order valence-electron chi connectivity index (χ4n) is 3.28. The molecule has 0 radical (unpaired) electrons. The summed E-state index contributed by atoms with van der Waals surface area (Å²) in [4.78, 5) is 27.3. The molecular formula is C19H28N2O4. The Morgan fingerprint density at radius 3 is 2.80 bits per heavy atom. The van der Waals surface area contributed by atoms with Gasteiger partial charge in [-0.05, 0) is 57.9 Å². The molecule has 1 N–H and O–H groups in total. The third-order valence-corrected chi connectivity index (χ3v) is 4.67. The Morgan fingerprint density at radius 2 is 2.12 bits per heavy atom. The number of aliphatic carboxylic acids is 1. The molecular weight excluding hydrogens is 320 g/mol. The van der Waals surface area contributed by atoms with Crippen LogP contribution in [0.5, 0.6) is 5.75 Å². The zero-order valence-electron chi connectivity index (χ0n) is 15.3. The van der Waals surface area contributed by atoms with Crippen LogP contribution in [0.2, 0.25) is 0 Å². The molecule has 0 spiro atoms. The highest BCUT2D eigenvalue weighted by atomic mass is 16.5. The maximum Gasteiger partial charge on any atom is 0.317 e. The zero-order valence-corrected chi connectivity index (χ0v) is 15.3. The Balaban J connectivity index is 1.90. The van der Waals surface area contributed by atoms with Gasteiger partial charge in [-0.2, -0.15) is 0 Å². The Hall–Kier alpha value is -2.08. The topological polar surface area (TPSA) is 70.1 Å². The van der Waals surface area contributed by atoms with Crippen molar-refractivity contribution in [2.24, 2.45) is 0 Å². The lowest BCUT2D eigenvalue weighted by Crippen LogP contribution is -2.42. The molecule has 1 aliphatic rings. The summed E-state index contributed by atoms with van der Waals surface area (Å²) in [6, 6.07) is 7.87. The molecule has 0 aromatic heterocycles. The van der Waals surface area contributed by atoms with Crippen LogP contribution in [0.4, 0.5) is 0 Å². The summed E-state index contributed by atoms with van der Waals surface area (Å²) in [5.74, 6) is -0.127. The minimum atomic E-state index is -0.820. The Morgan fingerprint density at radius 1 is 1.36 bits per heavy atom. The summed E-state index contributed by atoms with van der Waals surface area (Å²) >= 11 is 0. The van der Waals surface area contributed by atoms with E-state index in [-0.39, 0.29) is 18.5 Å². The molecule has 1 amide bonds. The van der Waals surface area contributed by atoms with Crippen LogP contribution < -0.4 is 4.74 Å². The average molecular weight is 348 g/mol. The lowest BCUT2D eigenvalue weighted by atomic mass is 10.1. The number of likely N-dealkylation sites (tertiary alicyclic amines) is 1. The number of hydrogen-bond acceptors (Lipinski definition) is 4. The maximum absolute atomic E-state index is 12.7. The fourth-order valence-corrected chi connectivity index (χ4v) is 3.28. The van der Waals surface area contributed by atoms with Crippen LogP contribution in [0.1, 0.15) is 31.7 Å². The van der Waals surface area contributed by atoms with Gasteiger partial charge in [-0.15, -0.1) is 0 Å². The molecule has 2 atom stereocenters. The molecule has 2 rings (SSSR count). The summed E-state index contributed by atoms with van der Waals surface area (Å²) in [6.45, 7) is 5.13.